The number of nitrogens with one attached hydrogen (secondary N) is 1. The summed E-state index contributed by atoms with van der Waals surface area (Å²) in [5.74, 6) is -0.512. The van der Waals surface area contributed by atoms with Crippen molar-refractivity contribution in [3.8, 4) is 0 Å². The van der Waals surface area contributed by atoms with Crippen LogP contribution in [-0.4, -0.2) is 31.8 Å². The second-order valence-corrected chi connectivity index (χ2v) is 5.89. The predicted molar refractivity (Wildman–Crippen MR) is 75.7 cm³/mol. The maximum absolute atomic E-state index is 12.4. The summed E-state index contributed by atoms with van der Waals surface area (Å²) in [5.41, 5.74) is 0.974. The molecule has 0 spiro atoms. The molecular weight excluding hydrogens is 293 g/mol. The molecule has 0 saturated carbocycles. The monoisotopic (exact) mass is 311 g/mol. The van der Waals surface area contributed by atoms with Gasteiger partial charge >= 0.3 is 0 Å². The summed E-state index contributed by atoms with van der Waals surface area (Å²) >= 11 is 5.44. The molecule has 1 aromatic rings. The first kappa shape index (κ1) is 18.3. The third-order valence-electron chi connectivity index (χ3n) is 2.08. The molecule has 7 heteroatoms. The number of halogens is 2. The van der Waals surface area contributed by atoms with E-state index in [0.29, 0.717) is 13.0 Å². The van der Waals surface area contributed by atoms with Gasteiger partial charge in [0.25, 0.3) is 10.1 Å². The van der Waals surface area contributed by atoms with Gasteiger partial charge in [-0.25, -0.2) is 4.39 Å². The van der Waals surface area contributed by atoms with Crippen LogP contribution in [0.15, 0.2) is 18.2 Å². The van der Waals surface area contributed by atoms with E-state index in [2.05, 4.69) is 5.32 Å². The topological polar surface area (TPSA) is 66.4 Å². The van der Waals surface area contributed by atoms with Gasteiger partial charge < -0.3 is 5.32 Å². The van der Waals surface area contributed by atoms with Crippen molar-refractivity contribution in [3.05, 3.63) is 34.6 Å². The Morgan fingerprint density at radius 1 is 1.42 bits per heavy atom. The van der Waals surface area contributed by atoms with Crippen molar-refractivity contribution in [1.29, 1.82) is 0 Å². The molecule has 0 bridgehead atoms. The van der Waals surface area contributed by atoms with E-state index >= 15 is 0 Å². The van der Waals surface area contributed by atoms with Gasteiger partial charge in [0.2, 0.25) is 0 Å². The molecule has 0 aliphatic carbocycles. The van der Waals surface area contributed by atoms with Crippen molar-refractivity contribution in [2.75, 3.05) is 18.8 Å². The van der Waals surface area contributed by atoms with Crippen LogP contribution in [0.25, 0.3) is 0 Å². The van der Waals surface area contributed by atoms with E-state index in [1.807, 2.05) is 13.8 Å². The molecule has 0 unspecified atom stereocenters. The number of hydrogen-bond donors (Lipinski definition) is 2. The molecule has 2 N–H and O–H groups in total. The second-order valence-electron chi connectivity index (χ2n) is 3.91. The Morgan fingerprint density at radius 3 is 2.47 bits per heavy atom. The van der Waals surface area contributed by atoms with Gasteiger partial charge in [-0.3, -0.25) is 4.55 Å². The van der Waals surface area contributed by atoms with Crippen molar-refractivity contribution >= 4 is 21.7 Å². The molecule has 19 heavy (non-hydrogen) atoms. The molecule has 0 radical (unpaired) electrons. The van der Waals surface area contributed by atoms with E-state index < -0.39 is 10.1 Å². The Hall–Kier alpha value is -0.690. The molecule has 1 rings (SSSR count). The second kappa shape index (κ2) is 9.25. The molecule has 0 heterocycles. The summed E-state index contributed by atoms with van der Waals surface area (Å²) in [4.78, 5) is 0. The van der Waals surface area contributed by atoms with Crippen LogP contribution >= 0.6 is 11.6 Å². The maximum Gasteiger partial charge on any atom is 0.264 e. The van der Waals surface area contributed by atoms with E-state index in [1.54, 1.807) is 12.1 Å². The van der Waals surface area contributed by atoms with Crippen LogP contribution in [0.2, 0.25) is 5.02 Å². The highest BCUT2D eigenvalue weighted by Crippen LogP contribution is 2.14. The molecule has 0 aliphatic heterocycles. The molecule has 1 aromatic carbocycles. The highest BCUT2D eigenvalue weighted by Gasteiger charge is 2.01. The quantitative estimate of drug-likeness (QED) is 0.648. The smallest absolute Gasteiger partial charge is 0.264 e. The largest absolute Gasteiger partial charge is 0.317 e. The Balaban J connectivity index is 0.000000342. The molecule has 110 valence electrons. The highest BCUT2D eigenvalue weighted by atomic mass is 35.5. The third-order valence-corrected chi connectivity index (χ3v) is 3.18. The van der Waals surface area contributed by atoms with Crippen LogP contribution in [0, 0.1) is 12.7 Å². The summed E-state index contributed by atoms with van der Waals surface area (Å²) in [7, 11) is -3.74. The van der Waals surface area contributed by atoms with Crippen LogP contribution < -0.4 is 5.32 Å². The van der Waals surface area contributed by atoms with Gasteiger partial charge in [-0.05, 0) is 44.1 Å². The first-order valence-corrected chi connectivity index (χ1v) is 7.82. The van der Waals surface area contributed by atoms with E-state index in [4.69, 9.17) is 16.2 Å². The minimum absolute atomic E-state index is 0.153. The molecule has 0 saturated heterocycles. The molecule has 0 aliphatic rings. The summed E-state index contributed by atoms with van der Waals surface area (Å²) in [6, 6.07) is 4.63. The molecule has 0 aromatic heterocycles. The fourth-order valence-corrected chi connectivity index (χ4v) is 1.90. The van der Waals surface area contributed by atoms with E-state index in [1.165, 1.54) is 6.07 Å². The normalized spacial score (nSPS) is 10.8. The van der Waals surface area contributed by atoms with Crippen LogP contribution in [-0.2, 0) is 10.1 Å². The fraction of sp³-hybridized carbons (Fsp3) is 0.500. The molecule has 0 amide bonds. The standard InChI is InChI=1S/C7H6ClF.C5H13NO3S/c1-5-2-3-7(9)6(8)4-5;1-2-6-4-3-5-10(7,8)9/h2-4H,1H3;6H,2-5H2,1H3,(H,7,8,9). The van der Waals surface area contributed by atoms with Gasteiger partial charge in [0.15, 0.2) is 0 Å². The average Bonchev–Trinajstić information content (AvgIpc) is 2.30. The lowest BCUT2D eigenvalue weighted by atomic mass is 10.2. The van der Waals surface area contributed by atoms with Gasteiger partial charge in [-0.2, -0.15) is 8.42 Å². The Bertz CT molecular complexity index is 480. The van der Waals surface area contributed by atoms with Crippen LogP contribution in [0.4, 0.5) is 4.39 Å². The van der Waals surface area contributed by atoms with E-state index in [9.17, 15) is 12.8 Å². The van der Waals surface area contributed by atoms with Gasteiger partial charge in [0.1, 0.15) is 5.82 Å². The summed E-state index contributed by atoms with van der Waals surface area (Å²) in [6.45, 7) is 5.26. The van der Waals surface area contributed by atoms with Crippen molar-refractivity contribution in [2.24, 2.45) is 0 Å². The van der Waals surface area contributed by atoms with Crippen molar-refractivity contribution in [1.82, 2.24) is 5.32 Å². The minimum atomic E-state index is -3.74. The first-order valence-electron chi connectivity index (χ1n) is 5.83. The predicted octanol–water partition coefficient (Wildman–Crippen LogP) is 2.66. The summed E-state index contributed by atoms with van der Waals surface area (Å²) < 4.78 is 40.9. The fourth-order valence-electron chi connectivity index (χ4n) is 1.16. The van der Waals surface area contributed by atoms with Gasteiger partial charge in [-0.1, -0.05) is 24.6 Å². The average molecular weight is 312 g/mol. The highest BCUT2D eigenvalue weighted by molar-refractivity contribution is 7.85. The molecule has 0 atom stereocenters. The van der Waals surface area contributed by atoms with Crippen LogP contribution in [0.1, 0.15) is 18.9 Å². The zero-order valence-corrected chi connectivity index (χ0v) is 12.6. The Morgan fingerprint density at radius 2 is 2.05 bits per heavy atom. The number of rotatable bonds is 5. The lowest BCUT2D eigenvalue weighted by molar-refractivity contribution is 0.480. The summed E-state index contributed by atoms with van der Waals surface area (Å²) in [5, 5.41) is 3.14. The Kier molecular flexibility index (Phi) is 8.92. The number of aryl methyl sites for hydroxylation is 1. The molecular formula is C12H19ClFNO3S. The lowest BCUT2D eigenvalue weighted by Gasteiger charge is -1.97. The zero-order valence-electron chi connectivity index (χ0n) is 11.0. The molecule has 0 fully saturated rings. The van der Waals surface area contributed by atoms with E-state index in [0.717, 1.165) is 12.1 Å². The van der Waals surface area contributed by atoms with E-state index in [-0.39, 0.29) is 16.6 Å². The third kappa shape index (κ3) is 10.9. The SMILES string of the molecule is CCNCCCS(=O)(=O)O.Cc1ccc(F)c(Cl)c1. The zero-order chi connectivity index (χ0) is 14.9. The van der Waals surface area contributed by atoms with Crippen LogP contribution in [0.5, 0.6) is 0 Å². The van der Waals surface area contributed by atoms with Gasteiger partial charge in [0, 0.05) is 0 Å². The first-order chi connectivity index (χ1) is 8.76. The van der Waals surface area contributed by atoms with Crippen LogP contribution in [0.3, 0.4) is 0 Å². The van der Waals surface area contributed by atoms with Crippen molar-refractivity contribution in [3.63, 3.8) is 0 Å². The maximum atomic E-state index is 12.4. The van der Waals surface area contributed by atoms with Gasteiger partial charge in [0.05, 0.1) is 10.8 Å². The minimum Gasteiger partial charge on any atom is -0.317 e. The number of benzene rings is 1. The van der Waals surface area contributed by atoms with Crippen molar-refractivity contribution < 1.29 is 17.4 Å². The van der Waals surface area contributed by atoms with Crippen molar-refractivity contribution in [2.45, 2.75) is 20.3 Å². The van der Waals surface area contributed by atoms with Gasteiger partial charge in [-0.15, -0.1) is 0 Å². The lowest BCUT2D eigenvalue weighted by Crippen LogP contribution is -2.17. The number of hydrogen-bond acceptors (Lipinski definition) is 3. The summed E-state index contributed by atoms with van der Waals surface area (Å²) in [6.07, 6.45) is 0.465. The Labute approximate surface area is 118 Å². The molecule has 4 nitrogen and oxygen atoms in total.